The van der Waals surface area contributed by atoms with Gasteiger partial charge in [0.25, 0.3) is 0 Å². The van der Waals surface area contributed by atoms with Crippen LogP contribution in [0.15, 0.2) is 54.6 Å². The Morgan fingerprint density at radius 2 is 1.96 bits per heavy atom. The van der Waals surface area contributed by atoms with E-state index in [1.165, 1.54) is 22.1 Å². The van der Waals surface area contributed by atoms with Crippen LogP contribution in [-0.2, 0) is 13.1 Å². The molecule has 1 aliphatic heterocycles. The minimum atomic E-state index is 0.181. The van der Waals surface area contributed by atoms with Crippen molar-refractivity contribution in [3.63, 3.8) is 0 Å². The van der Waals surface area contributed by atoms with Crippen molar-refractivity contribution in [3.05, 3.63) is 71.3 Å². The molecule has 0 spiro atoms. The molecule has 0 radical (unpaired) electrons. The van der Waals surface area contributed by atoms with Gasteiger partial charge in [-0.2, -0.15) is 0 Å². The Morgan fingerprint density at radius 1 is 1.12 bits per heavy atom. The Labute approximate surface area is 149 Å². The molecule has 0 saturated heterocycles. The number of pyridine rings is 1. The van der Waals surface area contributed by atoms with E-state index in [9.17, 15) is 0 Å². The highest BCUT2D eigenvalue weighted by Gasteiger charge is 2.23. The molecular weight excluding hydrogens is 308 g/mol. The maximum Gasteiger partial charge on any atom is 0.218 e. The summed E-state index contributed by atoms with van der Waals surface area (Å²) in [5, 5.41) is 1.19. The summed E-state index contributed by atoms with van der Waals surface area (Å²) in [6.07, 6.45) is 1.17. The molecule has 0 saturated carbocycles. The predicted octanol–water partition coefficient (Wildman–Crippen LogP) is 4.72. The Hall–Kier alpha value is -2.39. The van der Waals surface area contributed by atoms with Gasteiger partial charge in [0.2, 0.25) is 5.88 Å². The minimum Gasteiger partial charge on any atom is -0.473 e. The third kappa shape index (κ3) is 3.52. The van der Waals surface area contributed by atoms with E-state index in [1.54, 1.807) is 0 Å². The molecule has 0 bridgehead atoms. The summed E-state index contributed by atoms with van der Waals surface area (Å²) >= 11 is 0. The molecule has 0 amide bonds. The van der Waals surface area contributed by atoms with Crippen molar-refractivity contribution in [3.8, 4) is 5.88 Å². The first-order valence-corrected chi connectivity index (χ1v) is 9.04. The fourth-order valence-corrected chi connectivity index (χ4v) is 3.50. The number of ether oxygens (including phenoxy) is 1. The normalized spacial score (nSPS) is 17.8. The van der Waals surface area contributed by atoms with Gasteiger partial charge < -0.3 is 4.74 Å². The van der Waals surface area contributed by atoms with Crippen molar-refractivity contribution in [2.45, 2.75) is 39.5 Å². The predicted molar refractivity (Wildman–Crippen MR) is 102 cm³/mol. The summed E-state index contributed by atoms with van der Waals surface area (Å²) in [4.78, 5) is 7.28. The standard InChI is InChI=1S/C22H24N2O/c1-3-20-15-24(13-17-7-5-4-6-8-17)14-19-12-18-11-16(2)9-10-21(18)23-22(19)25-20/h4-12,20H,3,13-15H2,1-2H3. The highest BCUT2D eigenvalue weighted by molar-refractivity contribution is 5.80. The molecule has 2 aromatic carbocycles. The average molecular weight is 332 g/mol. The molecule has 0 N–H and O–H groups in total. The first-order valence-electron chi connectivity index (χ1n) is 9.04. The van der Waals surface area contributed by atoms with Gasteiger partial charge in [-0.3, -0.25) is 4.90 Å². The van der Waals surface area contributed by atoms with E-state index < -0.39 is 0 Å². The zero-order valence-corrected chi connectivity index (χ0v) is 14.9. The zero-order valence-electron chi connectivity index (χ0n) is 14.9. The molecule has 3 aromatic rings. The molecule has 1 atom stereocenters. The highest BCUT2D eigenvalue weighted by atomic mass is 16.5. The lowest BCUT2D eigenvalue weighted by Crippen LogP contribution is -2.32. The van der Waals surface area contributed by atoms with E-state index in [1.807, 2.05) is 0 Å². The van der Waals surface area contributed by atoms with E-state index in [0.29, 0.717) is 0 Å². The van der Waals surface area contributed by atoms with Crippen molar-refractivity contribution < 1.29 is 4.74 Å². The van der Waals surface area contributed by atoms with Crippen LogP contribution in [0.5, 0.6) is 5.88 Å². The quantitative estimate of drug-likeness (QED) is 0.694. The number of hydrogen-bond acceptors (Lipinski definition) is 3. The van der Waals surface area contributed by atoms with Crippen LogP contribution in [-0.4, -0.2) is 22.5 Å². The fourth-order valence-electron chi connectivity index (χ4n) is 3.50. The van der Waals surface area contributed by atoms with Crippen molar-refractivity contribution in [2.24, 2.45) is 0 Å². The van der Waals surface area contributed by atoms with Gasteiger partial charge in [-0.25, -0.2) is 4.98 Å². The average Bonchev–Trinajstić information content (AvgIpc) is 2.78. The van der Waals surface area contributed by atoms with E-state index in [-0.39, 0.29) is 6.10 Å². The van der Waals surface area contributed by atoms with Crippen LogP contribution in [0.4, 0.5) is 0 Å². The van der Waals surface area contributed by atoms with E-state index in [0.717, 1.165) is 37.5 Å². The van der Waals surface area contributed by atoms with Crippen LogP contribution in [0, 0.1) is 6.92 Å². The van der Waals surface area contributed by atoms with Crippen molar-refractivity contribution in [1.82, 2.24) is 9.88 Å². The molecular formula is C22H24N2O. The van der Waals surface area contributed by atoms with Crippen LogP contribution in [0.25, 0.3) is 10.9 Å². The lowest BCUT2D eigenvalue weighted by molar-refractivity contribution is 0.136. The van der Waals surface area contributed by atoms with Gasteiger partial charge in [-0.15, -0.1) is 0 Å². The molecule has 1 unspecified atom stereocenters. The Morgan fingerprint density at radius 3 is 2.76 bits per heavy atom. The van der Waals surface area contributed by atoms with Gasteiger partial charge in [0.05, 0.1) is 5.52 Å². The van der Waals surface area contributed by atoms with E-state index >= 15 is 0 Å². The number of nitrogens with zero attached hydrogens (tertiary/aromatic N) is 2. The second-order valence-corrected chi connectivity index (χ2v) is 6.95. The van der Waals surface area contributed by atoms with Crippen molar-refractivity contribution in [2.75, 3.05) is 6.54 Å². The van der Waals surface area contributed by atoms with Crippen LogP contribution in [0.2, 0.25) is 0 Å². The van der Waals surface area contributed by atoms with Gasteiger partial charge >= 0.3 is 0 Å². The Bertz CT molecular complexity index is 876. The molecule has 128 valence electrons. The molecule has 4 rings (SSSR count). The molecule has 3 heteroatoms. The monoisotopic (exact) mass is 332 g/mol. The number of benzene rings is 2. The first kappa shape index (κ1) is 16.1. The summed E-state index contributed by atoms with van der Waals surface area (Å²) in [6.45, 7) is 7.04. The molecule has 0 aliphatic carbocycles. The molecule has 1 aromatic heterocycles. The second kappa shape index (κ2) is 6.85. The SMILES string of the molecule is CCC1CN(Cc2ccccc2)Cc2cc3cc(C)ccc3nc2O1. The smallest absolute Gasteiger partial charge is 0.218 e. The summed E-state index contributed by atoms with van der Waals surface area (Å²) < 4.78 is 6.26. The van der Waals surface area contributed by atoms with Gasteiger partial charge in [0, 0.05) is 30.6 Å². The van der Waals surface area contributed by atoms with Crippen LogP contribution < -0.4 is 4.74 Å². The van der Waals surface area contributed by atoms with E-state index in [2.05, 4.69) is 73.3 Å². The fraction of sp³-hybridized carbons (Fsp3) is 0.318. The number of rotatable bonds is 3. The Balaban J connectivity index is 1.69. The third-order valence-electron chi connectivity index (χ3n) is 4.85. The van der Waals surface area contributed by atoms with Gasteiger partial charge in [-0.1, -0.05) is 48.9 Å². The Kier molecular flexibility index (Phi) is 4.41. The molecule has 2 heterocycles. The van der Waals surface area contributed by atoms with Crippen molar-refractivity contribution in [1.29, 1.82) is 0 Å². The summed E-state index contributed by atoms with van der Waals surface area (Å²) in [7, 11) is 0. The lowest BCUT2D eigenvalue weighted by atomic mass is 10.1. The van der Waals surface area contributed by atoms with Gasteiger partial charge in [0.15, 0.2) is 0 Å². The van der Waals surface area contributed by atoms with E-state index in [4.69, 9.17) is 9.72 Å². The summed E-state index contributed by atoms with van der Waals surface area (Å²) in [5.74, 6) is 0.804. The number of fused-ring (bicyclic) bond motifs is 2. The largest absolute Gasteiger partial charge is 0.473 e. The number of aromatic nitrogens is 1. The number of aryl methyl sites for hydroxylation is 1. The second-order valence-electron chi connectivity index (χ2n) is 6.95. The van der Waals surface area contributed by atoms with Crippen LogP contribution in [0.3, 0.4) is 0 Å². The number of hydrogen-bond donors (Lipinski definition) is 0. The maximum atomic E-state index is 6.26. The zero-order chi connectivity index (χ0) is 17.2. The first-order chi connectivity index (χ1) is 12.2. The van der Waals surface area contributed by atoms with Gasteiger partial charge in [-0.05, 0) is 37.1 Å². The summed E-state index contributed by atoms with van der Waals surface area (Å²) in [6, 6.07) is 19.3. The van der Waals surface area contributed by atoms with Crippen molar-refractivity contribution >= 4 is 10.9 Å². The topological polar surface area (TPSA) is 25.4 Å². The molecule has 3 nitrogen and oxygen atoms in total. The summed E-state index contributed by atoms with van der Waals surface area (Å²) in [5.41, 5.74) is 4.79. The maximum absolute atomic E-state index is 6.26. The third-order valence-corrected chi connectivity index (χ3v) is 4.85. The molecule has 0 fully saturated rings. The van der Waals surface area contributed by atoms with Crippen LogP contribution >= 0.6 is 0 Å². The highest BCUT2D eigenvalue weighted by Crippen LogP contribution is 2.29. The lowest BCUT2D eigenvalue weighted by Gasteiger charge is -2.23. The van der Waals surface area contributed by atoms with Gasteiger partial charge in [0.1, 0.15) is 6.10 Å². The minimum absolute atomic E-state index is 0.181. The molecule has 25 heavy (non-hydrogen) atoms. The van der Waals surface area contributed by atoms with Crippen LogP contribution in [0.1, 0.15) is 30.0 Å². The molecule has 1 aliphatic rings.